The summed E-state index contributed by atoms with van der Waals surface area (Å²) < 4.78 is 7.58. The van der Waals surface area contributed by atoms with Crippen LogP contribution in [0.25, 0.3) is 5.69 Å². The molecule has 1 amide bonds. The number of ether oxygens (including phenoxy) is 1. The highest BCUT2D eigenvalue weighted by Crippen LogP contribution is 2.23. The number of thioether (sulfide) groups is 1. The Labute approximate surface area is 152 Å². The minimum atomic E-state index is 0.127. The van der Waals surface area contributed by atoms with Crippen LogP contribution in [0.1, 0.15) is 24.5 Å². The summed E-state index contributed by atoms with van der Waals surface area (Å²) in [4.78, 5) is 14.4. The first kappa shape index (κ1) is 17.9. The molecular weight excluding hydrogens is 336 g/mol. The van der Waals surface area contributed by atoms with Gasteiger partial charge in [0.1, 0.15) is 6.33 Å². The summed E-state index contributed by atoms with van der Waals surface area (Å²) in [5, 5.41) is 8.95. The molecule has 1 aromatic heterocycles. The number of hydrogen-bond donors (Lipinski definition) is 0. The maximum atomic E-state index is 12.5. The zero-order valence-electron chi connectivity index (χ0n) is 14.9. The van der Waals surface area contributed by atoms with Gasteiger partial charge in [-0.05, 0) is 31.9 Å². The molecule has 1 fully saturated rings. The molecule has 1 aliphatic heterocycles. The Hall–Kier alpha value is -1.86. The lowest BCUT2D eigenvalue weighted by Crippen LogP contribution is -2.46. The van der Waals surface area contributed by atoms with Gasteiger partial charge < -0.3 is 9.64 Å². The van der Waals surface area contributed by atoms with Gasteiger partial charge in [0, 0.05) is 13.1 Å². The van der Waals surface area contributed by atoms with Gasteiger partial charge in [0.2, 0.25) is 5.91 Å². The van der Waals surface area contributed by atoms with Crippen LogP contribution in [0.4, 0.5) is 0 Å². The average molecular weight is 360 g/mol. The second kappa shape index (κ2) is 8.01. The molecule has 2 aromatic rings. The fourth-order valence-electron chi connectivity index (χ4n) is 2.97. The van der Waals surface area contributed by atoms with Crippen molar-refractivity contribution in [2.75, 3.05) is 25.4 Å². The molecule has 7 heteroatoms. The molecule has 1 aromatic carbocycles. The molecule has 0 saturated carbocycles. The Morgan fingerprint density at radius 2 is 2.24 bits per heavy atom. The third-order valence-corrected chi connectivity index (χ3v) is 5.33. The van der Waals surface area contributed by atoms with Gasteiger partial charge in [0.15, 0.2) is 5.16 Å². The van der Waals surface area contributed by atoms with Crippen LogP contribution in [-0.2, 0) is 9.53 Å². The molecular formula is C18H24N4O2S. The number of benzene rings is 1. The number of aryl methyl sites for hydroxylation is 2. The van der Waals surface area contributed by atoms with Crippen molar-refractivity contribution >= 4 is 17.7 Å². The summed E-state index contributed by atoms with van der Waals surface area (Å²) in [6.07, 6.45) is 2.78. The first-order valence-electron chi connectivity index (χ1n) is 8.58. The van der Waals surface area contributed by atoms with Crippen molar-refractivity contribution in [2.24, 2.45) is 0 Å². The number of hydrogen-bond acceptors (Lipinski definition) is 5. The third kappa shape index (κ3) is 4.22. The number of morpholine rings is 1. The van der Waals surface area contributed by atoms with Crippen LogP contribution in [0.2, 0.25) is 0 Å². The summed E-state index contributed by atoms with van der Waals surface area (Å²) in [5.41, 5.74) is 3.42. The van der Waals surface area contributed by atoms with Crippen molar-refractivity contribution in [3.63, 3.8) is 0 Å². The zero-order chi connectivity index (χ0) is 17.8. The Bertz CT molecular complexity index is 746. The van der Waals surface area contributed by atoms with Crippen LogP contribution in [0.15, 0.2) is 29.7 Å². The number of carbonyl (C=O) groups is 1. The normalized spacial score (nSPS) is 17.7. The molecule has 0 spiro atoms. The third-order valence-electron chi connectivity index (χ3n) is 4.40. The minimum Gasteiger partial charge on any atom is -0.375 e. The Kier molecular flexibility index (Phi) is 5.75. The molecule has 6 nitrogen and oxygen atoms in total. The van der Waals surface area contributed by atoms with Crippen molar-refractivity contribution in [1.82, 2.24) is 19.7 Å². The number of amides is 1. The lowest BCUT2D eigenvalue weighted by molar-refractivity contribution is -0.135. The molecule has 1 saturated heterocycles. The van der Waals surface area contributed by atoms with E-state index in [1.54, 1.807) is 6.33 Å². The number of nitrogens with zero attached hydrogens (tertiary/aromatic N) is 4. The molecule has 1 aliphatic rings. The fraction of sp³-hybridized carbons (Fsp3) is 0.500. The summed E-state index contributed by atoms with van der Waals surface area (Å²) >= 11 is 1.43. The van der Waals surface area contributed by atoms with E-state index < -0.39 is 0 Å². The largest absolute Gasteiger partial charge is 0.375 e. The Morgan fingerprint density at radius 3 is 3.00 bits per heavy atom. The summed E-state index contributed by atoms with van der Waals surface area (Å²) in [6.45, 7) is 8.19. The van der Waals surface area contributed by atoms with E-state index in [9.17, 15) is 4.79 Å². The second-order valence-electron chi connectivity index (χ2n) is 6.30. The van der Waals surface area contributed by atoms with Crippen molar-refractivity contribution in [2.45, 2.75) is 38.5 Å². The molecule has 0 N–H and O–H groups in total. The topological polar surface area (TPSA) is 60.2 Å². The minimum absolute atomic E-state index is 0.127. The Balaban J connectivity index is 1.66. The summed E-state index contributed by atoms with van der Waals surface area (Å²) in [5.74, 6) is 0.488. The van der Waals surface area contributed by atoms with Crippen LogP contribution in [-0.4, -0.2) is 57.1 Å². The predicted octanol–water partition coefficient (Wildman–Crippen LogP) is 2.61. The SMILES string of the molecule is CCC1CN(C(=O)CSc2nncn2-c2ccc(C)cc2C)CCO1. The molecule has 1 unspecified atom stereocenters. The van der Waals surface area contributed by atoms with Crippen molar-refractivity contribution < 1.29 is 9.53 Å². The molecule has 0 bridgehead atoms. The average Bonchev–Trinajstić information content (AvgIpc) is 3.08. The van der Waals surface area contributed by atoms with Gasteiger partial charge in [0.05, 0.1) is 24.2 Å². The van der Waals surface area contributed by atoms with Gasteiger partial charge in [-0.2, -0.15) is 0 Å². The molecule has 134 valence electrons. The number of rotatable bonds is 5. The van der Waals surface area contributed by atoms with Crippen LogP contribution in [0.5, 0.6) is 0 Å². The van der Waals surface area contributed by atoms with E-state index in [-0.39, 0.29) is 12.0 Å². The lowest BCUT2D eigenvalue weighted by atomic mass is 10.1. The summed E-state index contributed by atoms with van der Waals surface area (Å²) in [6, 6.07) is 6.27. The second-order valence-corrected chi connectivity index (χ2v) is 7.25. The number of aromatic nitrogens is 3. The van der Waals surface area contributed by atoms with Crippen LogP contribution in [0.3, 0.4) is 0 Å². The molecule has 3 rings (SSSR count). The molecule has 2 heterocycles. The van der Waals surface area contributed by atoms with Gasteiger partial charge in [0.25, 0.3) is 0 Å². The van der Waals surface area contributed by atoms with E-state index in [0.717, 1.165) is 22.8 Å². The standard InChI is InChI=1S/C18H24N4O2S/c1-4-15-10-21(7-8-24-15)17(23)11-25-18-20-19-12-22(18)16-6-5-13(2)9-14(16)3/h5-6,9,12,15H,4,7-8,10-11H2,1-3H3. The highest BCUT2D eigenvalue weighted by molar-refractivity contribution is 7.99. The van der Waals surface area contributed by atoms with E-state index >= 15 is 0 Å². The van der Waals surface area contributed by atoms with E-state index in [1.807, 2.05) is 9.47 Å². The van der Waals surface area contributed by atoms with Gasteiger partial charge in [-0.3, -0.25) is 9.36 Å². The van der Waals surface area contributed by atoms with E-state index in [0.29, 0.717) is 25.4 Å². The van der Waals surface area contributed by atoms with Crippen molar-refractivity contribution in [3.05, 3.63) is 35.7 Å². The number of carbonyl (C=O) groups excluding carboxylic acids is 1. The maximum Gasteiger partial charge on any atom is 0.233 e. The first-order chi connectivity index (χ1) is 12.1. The molecule has 25 heavy (non-hydrogen) atoms. The van der Waals surface area contributed by atoms with Crippen molar-refractivity contribution in [1.29, 1.82) is 0 Å². The van der Waals surface area contributed by atoms with Gasteiger partial charge in [-0.1, -0.05) is 36.4 Å². The van der Waals surface area contributed by atoms with Crippen molar-refractivity contribution in [3.8, 4) is 5.69 Å². The molecule has 0 aliphatic carbocycles. The molecule has 1 atom stereocenters. The highest BCUT2D eigenvalue weighted by atomic mass is 32.2. The molecule has 0 radical (unpaired) electrons. The smallest absolute Gasteiger partial charge is 0.233 e. The van der Waals surface area contributed by atoms with Gasteiger partial charge in [-0.15, -0.1) is 10.2 Å². The highest BCUT2D eigenvalue weighted by Gasteiger charge is 2.23. The van der Waals surface area contributed by atoms with E-state index in [1.165, 1.54) is 17.3 Å². The zero-order valence-corrected chi connectivity index (χ0v) is 15.8. The van der Waals surface area contributed by atoms with Crippen LogP contribution < -0.4 is 0 Å². The first-order valence-corrected chi connectivity index (χ1v) is 9.57. The van der Waals surface area contributed by atoms with E-state index in [2.05, 4.69) is 49.2 Å². The quantitative estimate of drug-likeness (QED) is 0.767. The van der Waals surface area contributed by atoms with E-state index in [4.69, 9.17) is 4.74 Å². The van der Waals surface area contributed by atoms with Crippen LogP contribution in [0, 0.1) is 13.8 Å². The predicted molar refractivity (Wildman–Crippen MR) is 98.2 cm³/mol. The lowest BCUT2D eigenvalue weighted by Gasteiger charge is -2.32. The van der Waals surface area contributed by atoms with Gasteiger partial charge >= 0.3 is 0 Å². The maximum absolute atomic E-state index is 12.5. The Morgan fingerprint density at radius 1 is 1.40 bits per heavy atom. The summed E-state index contributed by atoms with van der Waals surface area (Å²) in [7, 11) is 0. The monoisotopic (exact) mass is 360 g/mol. The van der Waals surface area contributed by atoms with Crippen LogP contribution >= 0.6 is 11.8 Å². The fourth-order valence-corrected chi connectivity index (χ4v) is 3.80. The van der Waals surface area contributed by atoms with Gasteiger partial charge in [-0.25, -0.2) is 0 Å².